The molecule has 0 radical (unpaired) electrons. The summed E-state index contributed by atoms with van der Waals surface area (Å²) in [4.78, 5) is 26.3. The Morgan fingerprint density at radius 2 is 1.62 bits per heavy atom. The maximum Gasteiger partial charge on any atom is 0.490 e. The van der Waals surface area contributed by atoms with E-state index in [0.29, 0.717) is 37.1 Å². The molecule has 2 saturated heterocycles. The number of hydrogen-bond acceptors (Lipinski definition) is 6. The second-order valence-electron chi connectivity index (χ2n) is 10.2. The fraction of sp³-hybridized carbons (Fsp3) is 0.692. The van der Waals surface area contributed by atoms with Gasteiger partial charge in [0.2, 0.25) is 15.9 Å². The van der Waals surface area contributed by atoms with E-state index in [0.717, 1.165) is 49.2 Å². The van der Waals surface area contributed by atoms with Gasteiger partial charge in [-0.25, -0.2) is 13.2 Å². The molecule has 0 spiro atoms. The number of amides is 1. The predicted molar refractivity (Wildman–Crippen MR) is 142 cm³/mol. The quantitative estimate of drug-likeness (QED) is 0.488. The Morgan fingerprint density at radius 3 is 2.13 bits per heavy atom. The van der Waals surface area contributed by atoms with Crippen molar-refractivity contribution in [3.8, 4) is 0 Å². The van der Waals surface area contributed by atoms with Crippen molar-refractivity contribution in [1.82, 2.24) is 19.4 Å². The van der Waals surface area contributed by atoms with Gasteiger partial charge < -0.3 is 15.3 Å². The van der Waals surface area contributed by atoms with Gasteiger partial charge in [-0.3, -0.25) is 9.69 Å². The van der Waals surface area contributed by atoms with Crippen molar-refractivity contribution in [2.75, 3.05) is 52.4 Å². The van der Waals surface area contributed by atoms with Crippen LogP contribution in [0.5, 0.6) is 0 Å². The second kappa shape index (κ2) is 14.4. The number of alkyl halides is 3. The molecule has 222 valence electrons. The van der Waals surface area contributed by atoms with Crippen molar-refractivity contribution in [3.05, 3.63) is 28.8 Å². The number of carboxylic acid groups (broad SMARTS) is 1. The molecule has 2 heterocycles. The number of nitrogens with one attached hydrogen (secondary N) is 1. The average Bonchev–Trinajstić information content (AvgIpc) is 2.84. The minimum absolute atomic E-state index is 0.0374. The Kier molecular flexibility index (Phi) is 12.2. The van der Waals surface area contributed by atoms with Gasteiger partial charge in [-0.05, 0) is 58.2 Å². The highest BCUT2D eigenvalue weighted by Gasteiger charge is 2.38. The molecule has 0 saturated carbocycles. The third-order valence-electron chi connectivity index (χ3n) is 7.07. The molecule has 1 aromatic carbocycles. The molecule has 3 rings (SSSR count). The van der Waals surface area contributed by atoms with Crippen LogP contribution in [0, 0.1) is 20.8 Å². The Balaban J connectivity index is 0.000000673. The van der Waals surface area contributed by atoms with E-state index in [1.165, 1.54) is 6.42 Å². The first-order valence-electron chi connectivity index (χ1n) is 13.2. The lowest BCUT2D eigenvalue weighted by molar-refractivity contribution is -0.192. The Labute approximate surface area is 229 Å². The van der Waals surface area contributed by atoms with Crippen molar-refractivity contribution in [1.29, 1.82) is 0 Å². The summed E-state index contributed by atoms with van der Waals surface area (Å²) in [6, 6.07) is 4.33. The molecule has 13 heteroatoms. The van der Waals surface area contributed by atoms with Crippen molar-refractivity contribution in [2.24, 2.45) is 0 Å². The molecule has 2 aliphatic rings. The highest BCUT2D eigenvalue weighted by molar-refractivity contribution is 7.89. The molecular formula is C26H41F3N4O5S. The topological polar surface area (TPSA) is 110 Å². The number of sulfonamides is 1. The molecule has 0 bridgehead atoms. The molecule has 2 N–H and O–H groups in total. The molecule has 0 aliphatic carbocycles. The first-order valence-corrected chi connectivity index (χ1v) is 14.7. The Bertz CT molecular complexity index is 1070. The number of aliphatic carboxylic acids is 1. The Hall–Kier alpha value is -2.22. The van der Waals surface area contributed by atoms with Gasteiger partial charge in [0.15, 0.2) is 0 Å². The van der Waals surface area contributed by atoms with Gasteiger partial charge in [-0.15, -0.1) is 0 Å². The van der Waals surface area contributed by atoms with E-state index in [-0.39, 0.29) is 18.9 Å². The lowest BCUT2D eigenvalue weighted by Crippen LogP contribution is -2.48. The fourth-order valence-corrected chi connectivity index (χ4v) is 6.92. The first-order chi connectivity index (χ1) is 18.1. The summed E-state index contributed by atoms with van der Waals surface area (Å²) in [5, 5.41) is 10.4. The molecule has 9 nitrogen and oxygen atoms in total. The van der Waals surface area contributed by atoms with Crippen molar-refractivity contribution >= 4 is 21.9 Å². The minimum Gasteiger partial charge on any atom is -0.475 e. The zero-order valence-corrected chi connectivity index (χ0v) is 24.0. The Morgan fingerprint density at radius 1 is 1.05 bits per heavy atom. The van der Waals surface area contributed by atoms with E-state index in [2.05, 4.69) is 17.1 Å². The van der Waals surface area contributed by atoms with Crippen LogP contribution in [0.1, 0.15) is 49.3 Å². The molecular weight excluding hydrogens is 537 g/mol. The van der Waals surface area contributed by atoms with Crippen molar-refractivity contribution < 1.29 is 36.3 Å². The fourth-order valence-electron chi connectivity index (χ4n) is 5.08. The van der Waals surface area contributed by atoms with E-state index >= 15 is 0 Å². The largest absolute Gasteiger partial charge is 0.490 e. The van der Waals surface area contributed by atoms with Crippen LogP contribution in [0.15, 0.2) is 17.0 Å². The van der Waals surface area contributed by atoms with Crippen LogP contribution in [0.3, 0.4) is 0 Å². The summed E-state index contributed by atoms with van der Waals surface area (Å²) in [6.07, 6.45) is -1.31. The lowest BCUT2D eigenvalue weighted by Gasteiger charge is -2.35. The average molecular weight is 579 g/mol. The van der Waals surface area contributed by atoms with Crippen LogP contribution in [0.4, 0.5) is 13.2 Å². The monoisotopic (exact) mass is 578 g/mol. The van der Waals surface area contributed by atoms with Crippen LogP contribution < -0.4 is 5.32 Å². The van der Waals surface area contributed by atoms with Crippen molar-refractivity contribution in [2.45, 2.75) is 70.5 Å². The number of carbonyl (C=O) groups is 2. The third-order valence-corrected chi connectivity index (χ3v) is 9.27. The summed E-state index contributed by atoms with van der Waals surface area (Å²) in [5.74, 6) is -2.72. The van der Waals surface area contributed by atoms with E-state index in [9.17, 15) is 26.4 Å². The standard InChI is InChI=1S/C24H40N4O3S.C2HF3O2/c1-19-17-20(2)24(21(3)18-19)32(30,31)28(16-15-26-11-6-5-7-22(26)4)12-8-23(29)27-13-9-25-10-14-27;3-2(4,5)1(6)7/h17-18,22,25H,5-16H2,1-4H3;(H,6,7). The van der Waals surface area contributed by atoms with Gasteiger partial charge in [0, 0.05) is 58.3 Å². The molecule has 1 atom stereocenters. The van der Waals surface area contributed by atoms with E-state index in [1.807, 2.05) is 37.8 Å². The molecule has 1 aromatic rings. The molecule has 1 amide bonds. The number of aryl methyl sites for hydroxylation is 3. The maximum absolute atomic E-state index is 13.8. The smallest absolute Gasteiger partial charge is 0.475 e. The van der Waals surface area contributed by atoms with Gasteiger partial charge in [0.1, 0.15) is 0 Å². The van der Waals surface area contributed by atoms with E-state index in [1.54, 1.807) is 4.31 Å². The highest BCUT2D eigenvalue weighted by Crippen LogP contribution is 2.26. The number of piperazine rings is 1. The maximum atomic E-state index is 13.8. The number of hydrogen-bond donors (Lipinski definition) is 2. The highest BCUT2D eigenvalue weighted by atomic mass is 32.2. The summed E-state index contributed by atoms with van der Waals surface area (Å²) < 4.78 is 60.9. The van der Waals surface area contributed by atoms with Gasteiger partial charge in [-0.1, -0.05) is 24.1 Å². The molecule has 2 aliphatic heterocycles. The zero-order chi connectivity index (χ0) is 29.4. The van der Waals surface area contributed by atoms with Crippen LogP contribution >= 0.6 is 0 Å². The molecule has 0 aromatic heterocycles. The zero-order valence-electron chi connectivity index (χ0n) is 23.2. The summed E-state index contributed by atoms with van der Waals surface area (Å²) >= 11 is 0. The minimum atomic E-state index is -5.08. The van der Waals surface area contributed by atoms with E-state index < -0.39 is 22.2 Å². The number of likely N-dealkylation sites (tertiary alicyclic amines) is 1. The van der Waals surface area contributed by atoms with Gasteiger partial charge in [-0.2, -0.15) is 17.5 Å². The first kappa shape index (κ1) is 33.0. The van der Waals surface area contributed by atoms with E-state index in [4.69, 9.17) is 9.90 Å². The third kappa shape index (κ3) is 9.73. The summed E-state index contributed by atoms with van der Waals surface area (Å²) in [5.41, 5.74) is 2.60. The van der Waals surface area contributed by atoms with Gasteiger partial charge >= 0.3 is 12.1 Å². The van der Waals surface area contributed by atoms with Crippen LogP contribution in [-0.2, 0) is 19.6 Å². The van der Waals surface area contributed by atoms with Crippen LogP contribution in [0.25, 0.3) is 0 Å². The molecule has 2 fully saturated rings. The van der Waals surface area contributed by atoms with Gasteiger partial charge in [0.25, 0.3) is 0 Å². The number of halogens is 3. The molecule has 39 heavy (non-hydrogen) atoms. The molecule has 1 unspecified atom stereocenters. The second-order valence-corrected chi connectivity index (χ2v) is 12.1. The van der Waals surface area contributed by atoms with Crippen LogP contribution in [0.2, 0.25) is 0 Å². The number of carboxylic acids is 1. The number of rotatable bonds is 8. The van der Waals surface area contributed by atoms with Gasteiger partial charge in [0.05, 0.1) is 4.90 Å². The lowest BCUT2D eigenvalue weighted by atomic mass is 10.0. The number of piperidine rings is 1. The predicted octanol–water partition coefficient (Wildman–Crippen LogP) is 2.93. The van der Waals surface area contributed by atoms with Crippen molar-refractivity contribution in [3.63, 3.8) is 0 Å². The van der Waals surface area contributed by atoms with Crippen LogP contribution in [-0.4, -0.2) is 104 Å². The summed E-state index contributed by atoms with van der Waals surface area (Å²) in [7, 11) is -3.70. The number of carbonyl (C=O) groups excluding carboxylic acids is 1. The normalized spacial score (nSPS) is 19.0. The summed E-state index contributed by atoms with van der Waals surface area (Å²) in [6.45, 7) is 13.2. The number of benzene rings is 1. The number of nitrogens with zero attached hydrogens (tertiary/aromatic N) is 3. The SMILES string of the molecule is Cc1cc(C)c(S(=O)(=O)N(CCC(=O)N2CCNCC2)CCN2CCCCC2C)c(C)c1.O=C(O)C(F)(F)F.